The molecule has 0 atom stereocenters. The fourth-order valence-electron chi connectivity index (χ4n) is 1.91. The molecule has 100 valence electrons. The van der Waals surface area contributed by atoms with Crippen molar-refractivity contribution >= 4 is 22.4 Å². The number of piperidine rings is 1. The molecule has 1 aromatic heterocycles. The molecule has 2 heterocycles. The molecule has 0 aromatic carbocycles. The van der Waals surface area contributed by atoms with Crippen molar-refractivity contribution in [2.24, 2.45) is 0 Å². The van der Waals surface area contributed by atoms with Crippen LogP contribution < -0.4 is 9.64 Å². The van der Waals surface area contributed by atoms with Crippen LogP contribution in [0.25, 0.3) is 0 Å². The maximum Gasteiger partial charge on any atom is 0.312 e. The van der Waals surface area contributed by atoms with Crippen LogP contribution in [-0.4, -0.2) is 37.3 Å². The van der Waals surface area contributed by atoms with Gasteiger partial charge in [0.2, 0.25) is 5.88 Å². The molecule has 0 aliphatic carbocycles. The Morgan fingerprint density at radius 3 is 2.89 bits per heavy atom. The van der Waals surface area contributed by atoms with E-state index in [0.29, 0.717) is 18.4 Å². The van der Waals surface area contributed by atoms with E-state index >= 15 is 0 Å². The first-order chi connectivity index (χ1) is 8.72. The lowest BCUT2D eigenvalue weighted by atomic mass is 10.1. The molecular weight excluding hydrogens is 252 g/mol. The summed E-state index contributed by atoms with van der Waals surface area (Å²) in [5.74, 6) is 0.167. The summed E-state index contributed by atoms with van der Waals surface area (Å²) in [5.41, 5.74) is 0. The van der Waals surface area contributed by atoms with E-state index in [-0.39, 0.29) is 5.97 Å². The predicted molar refractivity (Wildman–Crippen MR) is 70.3 cm³/mol. The van der Waals surface area contributed by atoms with Crippen LogP contribution >= 0.6 is 11.3 Å². The summed E-state index contributed by atoms with van der Waals surface area (Å²) >= 11 is 1.51. The van der Waals surface area contributed by atoms with Gasteiger partial charge < -0.3 is 14.4 Å². The minimum absolute atomic E-state index is 0.245. The van der Waals surface area contributed by atoms with E-state index < -0.39 is 0 Å². The first-order valence-corrected chi connectivity index (χ1v) is 7.04. The molecule has 1 fully saturated rings. The fourth-order valence-corrected chi connectivity index (χ4v) is 2.70. The van der Waals surface area contributed by atoms with Gasteiger partial charge >= 0.3 is 5.97 Å². The van der Waals surface area contributed by atoms with E-state index in [1.165, 1.54) is 11.3 Å². The van der Waals surface area contributed by atoms with Gasteiger partial charge in [-0.2, -0.15) is 4.98 Å². The zero-order valence-electron chi connectivity index (χ0n) is 10.7. The highest BCUT2D eigenvalue weighted by molar-refractivity contribution is 7.13. The second kappa shape index (κ2) is 6.15. The van der Waals surface area contributed by atoms with Gasteiger partial charge in [0.15, 0.2) is 5.13 Å². The largest absolute Gasteiger partial charge is 0.406 e. The Morgan fingerprint density at radius 1 is 1.56 bits per heavy atom. The van der Waals surface area contributed by atoms with Crippen LogP contribution in [-0.2, 0) is 9.53 Å². The average Bonchev–Trinajstić information content (AvgIpc) is 2.87. The number of rotatable bonds is 4. The summed E-state index contributed by atoms with van der Waals surface area (Å²) in [4.78, 5) is 17.7. The minimum atomic E-state index is -0.245. The van der Waals surface area contributed by atoms with Crippen LogP contribution in [0.2, 0.25) is 0 Å². The number of carbonyl (C=O) groups excluding carboxylic acids is 1. The predicted octanol–water partition coefficient (Wildman–Crippen LogP) is 2.07. The number of aromatic nitrogens is 1. The Balaban J connectivity index is 1.92. The van der Waals surface area contributed by atoms with Gasteiger partial charge in [-0.1, -0.05) is 6.92 Å². The third kappa shape index (κ3) is 3.20. The Kier molecular flexibility index (Phi) is 4.54. The molecular formula is C12H18N2O3S. The molecule has 2 rings (SSSR count). The van der Waals surface area contributed by atoms with Gasteiger partial charge in [-0.15, -0.1) is 11.3 Å². The van der Waals surface area contributed by atoms with Crippen LogP contribution in [0.5, 0.6) is 5.88 Å². The number of thiazole rings is 1. The molecule has 6 heteroatoms. The Bertz CT molecular complexity index is 400. The highest BCUT2D eigenvalue weighted by Crippen LogP contribution is 2.28. The number of hydrogen-bond acceptors (Lipinski definition) is 6. The fraction of sp³-hybridized carbons (Fsp3) is 0.667. The van der Waals surface area contributed by atoms with E-state index in [1.807, 2.05) is 0 Å². The van der Waals surface area contributed by atoms with Crippen molar-refractivity contribution < 1.29 is 14.3 Å². The van der Waals surface area contributed by atoms with Crippen LogP contribution in [0, 0.1) is 0 Å². The molecule has 18 heavy (non-hydrogen) atoms. The number of methoxy groups -OCH3 is 1. The van der Waals surface area contributed by atoms with Crippen molar-refractivity contribution in [2.75, 3.05) is 25.1 Å². The third-order valence-electron chi connectivity index (χ3n) is 3.02. The molecule has 0 spiro atoms. The summed E-state index contributed by atoms with van der Waals surface area (Å²) < 4.78 is 10.4. The van der Waals surface area contributed by atoms with Gasteiger partial charge in [0.1, 0.15) is 0 Å². The normalized spacial score (nSPS) is 16.9. The van der Waals surface area contributed by atoms with Crippen molar-refractivity contribution in [3.8, 4) is 5.88 Å². The minimum Gasteiger partial charge on any atom is -0.406 e. The van der Waals surface area contributed by atoms with Gasteiger partial charge in [-0.05, 0) is 12.8 Å². The van der Waals surface area contributed by atoms with E-state index in [9.17, 15) is 4.79 Å². The van der Waals surface area contributed by atoms with Gasteiger partial charge in [0.25, 0.3) is 0 Å². The van der Waals surface area contributed by atoms with Crippen molar-refractivity contribution in [3.63, 3.8) is 0 Å². The zero-order chi connectivity index (χ0) is 13.0. The van der Waals surface area contributed by atoms with Crippen molar-refractivity contribution in [1.82, 2.24) is 4.98 Å². The van der Waals surface area contributed by atoms with E-state index in [1.54, 1.807) is 19.4 Å². The van der Waals surface area contributed by atoms with Crippen molar-refractivity contribution in [1.29, 1.82) is 0 Å². The summed E-state index contributed by atoms with van der Waals surface area (Å²) in [5, 5.41) is 2.70. The van der Waals surface area contributed by atoms with Crippen LogP contribution in [0.4, 0.5) is 5.13 Å². The first kappa shape index (κ1) is 13.3. The first-order valence-electron chi connectivity index (χ1n) is 6.17. The van der Waals surface area contributed by atoms with Crippen LogP contribution in [0.15, 0.2) is 5.38 Å². The maximum atomic E-state index is 11.2. The standard InChI is InChI=1S/C12H18N2O3S/c1-3-11(15)17-10-8-18-12(13-10)14-6-4-9(16-2)5-7-14/h8-9H,3-7H2,1-2H3. The summed E-state index contributed by atoms with van der Waals surface area (Å²) in [7, 11) is 1.76. The molecule has 0 unspecified atom stereocenters. The second-order valence-corrected chi connectivity index (χ2v) is 5.05. The van der Waals surface area contributed by atoms with E-state index in [0.717, 1.165) is 31.1 Å². The number of ether oxygens (including phenoxy) is 2. The number of esters is 1. The lowest BCUT2D eigenvalue weighted by Crippen LogP contribution is -2.36. The molecule has 1 saturated heterocycles. The number of carbonyl (C=O) groups is 1. The topological polar surface area (TPSA) is 51.7 Å². The maximum absolute atomic E-state index is 11.2. The number of anilines is 1. The Labute approximate surface area is 111 Å². The van der Waals surface area contributed by atoms with Crippen LogP contribution in [0.3, 0.4) is 0 Å². The van der Waals surface area contributed by atoms with Gasteiger partial charge in [-0.25, -0.2) is 0 Å². The molecule has 0 saturated carbocycles. The second-order valence-electron chi connectivity index (χ2n) is 4.22. The summed E-state index contributed by atoms with van der Waals surface area (Å²) in [6.07, 6.45) is 2.76. The smallest absolute Gasteiger partial charge is 0.312 e. The molecule has 0 radical (unpaired) electrons. The molecule has 1 aromatic rings. The monoisotopic (exact) mass is 270 g/mol. The quantitative estimate of drug-likeness (QED) is 0.784. The zero-order valence-corrected chi connectivity index (χ0v) is 11.5. The molecule has 1 aliphatic rings. The van der Waals surface area contributed by atoms with Crippen molar-refractivity contribution in [3.05, 3.63) is 5.38 Å². The lowest BCUT2D eigenvalue weighted by Gasteiger charge is -2.30. The molecule has 1 aliphatic heterocycles. The van der Waals surface area contributed by atoms with Gasteiger partial charge in [0, 0.05) is 26.6 Å². The molecule has 0 amide bonds. The SMILES string of the molecule is CCC(=O)Oc1csc(N2CCC(OC)CC2)n1. The average molecular weight is 270 g/mol. The van der Waals surface area contributed by atoms with Crippen LogP contribution in [0.1, 0.15) is 26.2 Å². The summed E-state index contributed by atoms with van der Waals surface area (Å²) in [6.45, 7) is 3.64. The number of hydrogen-bond donors (Lipinski definition) is 0. The highest BCUT2D eigenvalue weighted by Gasteiger charge is 2.21. The lowest BCUT2D eigenvalue weighted by molar-refractivity contribution is -0.134. The molecule has 0 N–H and O–H groups in total. The Morgan fingerprint density at radius 2 is 2.28 bits per heavy atom. The van der Waals surface area contributed by atoms with Crippen molar-refractivity contribution in [2.45, 2.75) is 32.3 Å². The Hall–Kier alpha value is -1.14. The van der Waals surface area contributed by atoms with E-state index in [2.05, 4.69) is 9.88 Å². The summed E-state index contributed by atoms with van der Waals surface area (Å²) in [6, 6.07) is 0. The highest BCUT2D eigenvalue weighted by atomic mass is 32.1. The molecule has 0 bridgehead atoms. The van der Waals surface area contributed by atoms with Gasteiger partial charge in [-0.3, -0.25) is 4.79 Å². The van der Waals surface area contributed by atoms with E-state index in [4.69, 9.17) is 9.47 Å². The number of nitrogens with zero attached hydrogens (tertiary/aromatic N) is 2. The third-order valence-corrected chi connectivity index (χ3v) is 3.90. The molecule has 5 nitrogen and oxygen atoms in total. The van der Waals surface area contributed by atoms with Gasteiger partial charge in [0.05, 0.1) is 11.5 Å².